The van der Waals surface area contributed by atoms with Crippen LogP contribution in [0.5, 0.6) is 5.75 Å². The second-order valence-corrected chi connectivity index (χ2v) is 8.20. The molecule has 6 heteroatoms. The van der Waals surface area contributed by atoms with E-state index in [1.165, 1.54) is 0 Å². The van der Waals surface area contributed by atoms with Crippen molar-refractivity contribution < 1.29 is 14.3 Å². The minimum Gasteiger partial charge on any atom is -0.484 e. The maximum absolute atomic E-state index is 12.4. The van der Waals surface area contributed by atoms with Crippen LogP contribution in [-0.2, 0) is 9.59 Å². The van der Waals surface area contributed by atoms with Gasteiger partial charge in [-0.1, -0.05) is 25.1 Å². The minimum absolute atomic E-state index is 0.0213. The van der Waals surface area contributed by atoms with Crippen molar-refractivity contribution in [3.63, 3.8) is 0 Å². The zero-order valence-electron chi connectivity index (χ0n) is 13.6. The highest BCUT2D eigenvalue weighted by atomic mass is 32.2. The number of hydrogen-bond acceptors (Lipinski definition) is 4. The largest absolute Gasteiger partial charge is 0.484 e. The van der Waals surface area contributed by atoms with Crippen LogP contribution in [0.15, 0.2) is 30.3 Å². The van der Waals surface area contributed by atoms with Crippen LogP contribution in [0.3, 0.4) is 0 Å². The van der Waals surface area contributed by atoms with Crippen LogP contribution in [-0.4, -0.2) is 45.5 Å². The van der Waals surface area contributed by atoms with E-state index in [4.69, 9.17) is 4.74 Å². The van der Waals surface area contributed by atoms with Gasteiger partial charge in [0.1, 0.15) is 17.2 Å². The predicted molar refractivity (Wildman–Crippen MR) is 90.3 cm³/mol. The van der Waals surface area contributed by atoms with Crippen LogP contribution in [0.1, 0.15) is 27.2 Å². The summed E-state index contributed by atoms with van der Waals surface area (Å²) in [6, 6.07) is 8.99. The summed E-state index contributed by atoms with van der Waals surface area (Å²) in [4.78, 5) is 26.3. The predicted octanol–water partition coefficient (Wildman–Crippen LogP) is 2.02. The Morgan fingerprint density at radius 1 is 1.35 bits per heavy atom. The molecule has 3 atom stereocenters. The molecule has 0 bridgehead atoms. The second kappa shape index (κ2) is 6.07. The summed E-state index contributed by atoms with van der Waals surface area (Å²) < 4.78 is 5.45. The molecule has 3 unspecified atom stereocenters. The van der Waals surface area contributed by atoms with Crippen LogP contribution < -0.4 is 10.1 Å². The van der Waals surface area contributed by atoms with E-state index >= 15 is 0 Å². The SMILES string of the molecule is CCC1N2C(=O)C(NC(=O)COc3ccccc3)C2SC1(C)C. The van der Waals surface area contributed by atoms with Gasteiger partial charge in [-0.15, -0.1) is 11.8 Å². The lowest BCUT2D eigenvalue weighted by Crippen LogP contribution is -2.69. The molecule has 1 N–H and O–H groups in total. The zero-order chi connectivity index (χ0) is 16.6. The molecule has 2 amide bonds. The molecule has 0 saturated carbocycles. The second-order valence-electron chi connectivity index (χ2n) is 6.43. The van der Waals surface area contributed by atoms with Crippen LogP contribution in [0.2, 0.25) is 0 Å². The first-order chi connectivity index (χ1) is 10.9. The van der Waals surface area contributed by atoms with Gasteiger partial charge < -0.3 is 15.0 Å². The Kier molecular flexibility index (Phi) is 4.27. The molecule has 2 heterocycles. The normalized spacial score (nSPS) is 28.0. The molecule has 0 radical (unpaired) electrons. The molecular weight excluding hydrogens is 312 g/mol. The van der Waals surface area contributed by atoms with Crippen molar-refractivity contribution >= 4 is 23.6 Å². The van der Waals surface area contributed by atoms with E-state index in [0.717, 1.165) is 6.42 Å². The lowest BCUT2D eigenvalue weighted by Gasteiger charge is -2.44. The maximum atomic E-state index is 12.4. The average molecular weight is 334 g/mol. The summed E-state index contributed by atoms with van der Waals surface area (Å²) >= 11 is 1.77. The van der Waals surface area contributed by atoms with Crippen LogP contribution >= 0.6 is 11.8 Å². The number of para-hydroxylation sites is 1. The van der Waals surface area contributed by atoms with Crippen molar-refractivity contribution in [1.82, 2.24) is 10.2 Å². The van der Waals surface area contributed by atoms with Gasteiger partial charge in [0, 0.05) is 10.8 Å². The van der Waals surface area contributed by atoms with E-state index in [0.29, 0.717) is 5.75 Å². The molecule has 0 spiro atoms. The first-order valence-electron chi connectivity index (χ1n) is 7.91. The number of thioether (sulfide) groups is 1. The van der Waals surface area contributed by atoms with E-state index in [1.54, 1.807) is 23.9 Å². The quantitative estimate of drug-likeness (QED) is 0.837. The molecule has 3 rings (SSSR count). The summed E-state index contributed by atoms with van der Waals surface area (Å²) in [5, 5.41) is 2.86. The van der Waals surface area contributed by atoms with Gasteiger partial charge in [-0.2, -0.15) is 0 Å². The molecule has 2 fully saturated rings. The topological polar surface area (TPSA) is 58.6 Å². The molecule has 0 aromatic heterocycles. The monoisotopic (exact) mass is 334 g/mol. The van der Waals surface area contributed by atoms with E-state index in [9.17, 15) is 9.59 Å². The molecule has 1 aromatic rings. The van der Waals surface area contributed by atoms with Crippen molar-refractivity contribution in [2.75, 3.05) is 6.61 Å². The van der Waals surface area contributed by atoms with Gasteiger partial charge in [-0.05, 0) is 32.4 Å². The fraction of sp³-hybridized carbons (Fsp3) is 0.529. The Morgan fingerprint density at radius 3 is 2.70 bits per heavy atom. The van der Waals surface area contributed by atoms with Crippen LogP contribution in [0.25, 0.3) is 0 Å². The van der Waals surface area contributed by atoms with Crippen molar-refractivity contribution in [2.45, 2.75) is 49.4 Å². The first kappa shape index (κ1) is 16.2. The molecule has 23 heavy (non-hydrogen) atoms. The minimum atomic E-state index is -0.428. The number of hydrogen-bond donors (Lipinski definition) is 1. The fourth-order valence-electron chi connectivity index (χ4n) is 3.37. The number of benzene rings is 1. The number of fused-ring (bicyclic) bond motifs is 1. The summed E-state index contributed by atoms with van der Waals surface area (Å²) in [5.74, 6) is 0.407. The number of carbonyl (C=O) groups is 2. The zero-order valence-corrected chi connectivity index (χ0v) is 14.4. The molecule has 1 aromatic carbocycles. The molecule has 2 saturated heterocycles. The lowest BCUT2D eigenvalue weighted by atomic mass is 9.94. The molecule has 2 aliphatic heterocycles. The number of amides is 2. The molecule has 5 nitrogen and oxygen atoms in total. The third-order valence-electron chi connectivity index (χ3n) is 4.46. The van der Waals surface area contributed by atoms with Gasteiger partial charge in [0.2, 0.25) is 5.91 Å². The third-order valence-corrected chi connectivity index (χ3v) is 6.08. The molecule has 0 aliphatic carbocycles. The van der Waals surface area contributed by atoms with Gasteiger partial charge in [0.25, 0.3) is 5.91 Å². The standard InChI is InChI=1S/C17H22N2O3S/c1-4-12-17(2,3)23-16-14(15(21)19(12)16)18-13(20)10-22-11-8-6-5-7-9-11/h5-9,12,14,16H,4,10H2,1-3H3,(H,18,20). The van der Waals surface area contributed by atoms with Gasteiger partial charge >= 0.3 is 0 Å². The number of nitrogens with one attached hydrogen (secondary N) is 1. The highest BCUT2D eigenvalue weighted by Gasteiger charge is 2.60. The van der Waals surface area contributed by atoms with Crippen molar-refractivity contribution in [3.05, 3.63) is 30.3 Å². The fourth-order valence-corrected chi connectivity index (χ4v) is 5.11. The van der Waals surface area contributed by atoms with Crippen LogP contribution in [0, 0.1) is 0 Å². The highest BCUT2D eigenvalue weighted by molar-refractivity contribution is 8.01. The van der Waals surface area contributed by atoms with Crippen molar-refractivity contribution in [2.24, 2.45) is 0 Å². The summed E-state index contributed by atoms with van der Waals surface area (Å²) in [7, 11) is 0. The number of rotatable bonds is 5. The smallest absolute Gasteiger partial charge is 0.258 e. The van der Waals surface area contributed by atoms with Crippen LogP contribution in [0.4, 0.5) is 0 Å². The van der Waals surface area contributed by atoms with Gasteiger partial charge in [0.15, 0.2) is 6.61 Å². The molecular formula is C17H22N2O3S. The first-order valence-corrected chi connectivity index (χ1v) is 8.79. The Balaban J connectivity index is 1.55. The number of carbonyl (C=O) groups excluding carboxylic acids is 2. The van der Waals surface area contributed by atoms with Crippen molar-refractivity contribution in [1.29, 1.82) is 0 Å². The average Bonchev–Trinajstić information content (AvgIpc) is 2.79. The van der Waals surface area contributed by atoms with E-state index in [2.05, 4.69) is 26.1 Å². The number of ether oxygens (including phenoxy) is 1. The van der Waals surface area contributed by atoms with Gasteiger partial charge in [0.05, 0.1) is 0 Å². The van der Waals surface area contributed by atoms with E-state index in [1.807, 2.05) is 23.1 Å². The molecule has 2 aliphatic rings. The molecule has 124 valence electrons. The van der Waals surface area contributed by atoms with Gasteiger partial charge in [-0.3, -0.25) is 9.59 Å². The summed E-state index contributed by atoms with van der Waals surface area (Å²) in [5.41, 5.74) is 0. The Hall–Kier alpha value is -1.69. The third kappa shape index (κ3) is 2.92. The Bertz CT molecular complexity index is 605. The van der Waals surface area contributed by atoms with Gasteiger partial charge in [-0.25, -0.2) is 0 Å². The van der Waals surface area contributed by atoms with E-state index in [-0.39, 0.29) is 34.6 Å². The maximum Gasteiger partial charge on any atom is 0.258 e. The Morgan fingerprint density at radius 2 is 2.04 bits per heavy atom. The summed E-state index contributed by atoms with van der Waals surface area (Å²) in [6.45, 7) is 6.34. The number of nitrogens with zero attached hydrogens (tertiary/aromatic N) is 1. The summed E-state index contributed by atoms with van der Waals surface area (Å²) in [6.07, 6.45) is 0.931. The lowest BCUT2D eigenvalue weighted by molar-refractivity contribution is -0.151. The highest BCUT2D eigenvalue weighted by Crippen LogP contribution is 2.51. The Labute approximate surface area is 140 Å². The number of β-lactam (4-membered cyclic amide) rings is 1. The van der Waals surface area contributed by atoms with Crippen molar-refractivity contribution in [3.8, 4) is 5.75 Å². The van der Waals surface area contributed by atoms with E-state index < -0.39 is 6.04 Å².